The summed E-state index contributed by atoms with van der Waals surface area (Å²) in [5.74, 6) is 0. The molecule has 0 fully saturated rings. The van der Waals surface area contributed by atoms with Gasteiger partial charge in [0, 0.05) is 27.4 Å². The van der Waals surface area contributed by atoms with Gasteiger partial charge in [0.25, 0.3) is 0 Å². The van der Waals surface area contributed by atoms with E-state index in [0.29, 0.717) is 0 Å². The fraction of sp³-hybridized carbons (Fsp3) is 0.600. The van der Waals surface area contributed by atoms with Crippen LogP contribution < -0.4 is 10.6 Å². The molecule has 3 heteroatoms. The van der Waals surface area contributed by atoms with Gasteiger partial charge < -0.3 is 9.47 Å². The second-order valence-electron chi connectivity index (χ2n) is 9.31. The van der Waals surface area contributed by atoms with E-state index in [4.69, 9.17) is 9.47 Å². The summed E-state index contributed by atoms with van der Waals surface area (Å²) >= 11 is 0. The van der Waals surface area contributed by atoms with E-state index in [2.05, 4.69) is 60.7 Å². The maximum absolute atomic E-state index is 5.19. The highest BCUT2D eigenvalue weighted by molar-refractivity contribution is 7.89. The molecular weight excluding hydrogens is 423 g/mol. The van der Waals surface area contributed by atoms with E-state index < -0.39 is 7.26 Å². The van der Waals surface area contributed by atoms with Crippen LogP contribution in [0.15, 0.2) is 60.7 Å². The predicted octanol–water partition coefficient (Wildman–Crippen LogP) is 7.63. The molecule has 33 heavy (non-hydrogen) atoms. The standard InChI is InChI=1S/C30H48O2P/c1-31-25-17-7-3-5-9-19-27-33(29-21-13-11-14-22-29,30-23-15-12-16-24-30)28-20-10-6-4-8-18-26-32-2/h11-16,21-24H,3-10,17-20,25-28H2,1-2H3/q+1. The van der Waals surface area contributed by atoms with Gasteiger partial charge in [-0.15, -0.1) is 0 Å². The molecule has 0 amide bonds. The Kier molecular flexibility index (Phi) is 15.4. The molecule has 0 aliphatic heterocycles. The number of ether oxygens (including phenoxy) is 2. The monoisotopic (exact) mass is 471 g/mol. The quantitative estimate of drug-likeness (QED) is 0.146. The van der Waals surface area contributed by atoms with Crippen molar-refractivity contribution in [2.75, 3.05) is 39.8 Å². The molecule has 0 spiro atoms. The molecule has 2 aromatic carbocycles. The molecule has 0 aliphatic carbocycles. The predicted molar refractivity (Wildman–Crippen MR) is 148 cm³/mol. The van der Waals surface area contributed by atoms with Crippen LogP contribution in [-0.4, -0.2) is 39.8 Å². The SMILES string of the molecule is COCCCCCCCC[P+](CCCCCCCCOC)(c1ccccc1)c1ccccc1. The van der Waals surface area contributed by atoms with Crippen LogP contribution in [0.3, 0.4) is 0 Å². The molecule has 0 unspecified atom stereocenters. The van der Waals surface area contributed by atoms with Crippen LogP contribution in [0, 0.1) is 0 Å². The lowest BCUT2D eigenvalue weighted by Crippen LogP contribution is -2.27. The zero-order valence-corrected chi connectivity index (χ0v) is 22.2. The van der Waals surface area contributed by atoms with Gasteiger partial charge in [-0.3, -0.25) is 0 Å². The van der Waals surface area contributed by atoms with E-state index >= 15 is 0 Å². The summed E-state index contributed by atoms with van der Waals surface area (Å²) in [6.07, 6.45) is 18.5. The zero-order valence-electron chi connectivity index (χ0n) is 21.4. The van der Waals surface area contributed by atoms with Crippen LogP contribution in [0.4, 0.5) is 0 Å². The van der Waals surface area contributed by atoms with Crippen molar-refractivity contribution in [1.29, 1.82) is 0 Å². The maximum atomic E-state index is 5.19. The summed E-state index contributed by atoms with van der Waals surface area (Å²) in [5.41, 5.74) is 0. The van der Waals surface area contributed by atoms with Gasteiger partial charge in [0.1, 0.15) is 0 Å². The topological polar surface area (TPSA) is 18.5 Å². The molecule has 2 rings (SSSR count). The van der Waals surface area contributed by atoms with Crippen molar-refractivity contribution in [3.8, 4) is 0 Å². The fourth-order valence-corrected chi connectivity index (χ4v) is 9.44. The second kappa shape index (κ2) is 18.2. The van der Waals surface area contributed by atoms with Crippen molar-refractivity contribution in [2.24, 2.45) is 0 Å². The number of unbranched alkanes of at least 4 members (excludes halogenated alkanes) is 10. The Labute approximate surface area is 204 Å². The smallest absolute Gasteiger partial charge is 0.0991 e. The molecule has 2 nitrogen and oxygen atoms in total. The third kappa shape index (κ3) is 10.7. The summed E-state index contributed by atoms with van der Waals surface area (Å²) in [6, 6.07) is 23.0. The van der Waals surface area contributed by atoms with Crippen LogP contribution in [0.25, 0.3) is 0 Å². The van der Waals surface area contributed by atoms with Gasteiger partial charge in [0.05, 0.1) is 30.2 Å². The minimum Gasteiger partial charge on any atom is -0.385 e. The first-order valence-corrected chi connectivity index (χ1v) is 15.5. The third-order valence-corrected chi connectivity index (χ3v) is 11.5. The highest BCUT2D eigenvalue weighted by Gasteiger charge is 2.41. The summed E-state index contributed by atoms with van der Waals surface area (Å²) in [5, 5.41) is 3.22. The lowest BCUT2D eigenvalue weighted by Gasteiger charge is -2.28. The van der Waals surface area contributed by atoms with Crippen molar-refractivity contribution in [3.05, 3.63) is 60.7 Å². The first kappa shape index (κ1) is 28.0. The van der Waals surface area contributed by atoms with Crippen LogP contribution in [0.1, 0.15) is 77.0 Å². The Balaban J connectivity index is 1.99. The molecule has 0 aliphatic rings. The average Bonchev–Trinajstić information content (AvgIpc) is 2.87. The van der Waals surface area contributed by atoms with Crippen molar-refractivity contribution in [1.82, 2.24) is 0 Å². The largest absolute Gasteiger partial charge is 0.385 e. The van der Waals surface area contributed by atoms with Crippen molar-refractivity contribution in [2.45, 2.75) is 77.0 Å². The van der Waals surface area contributed by atoms with E-state index in [1.54, 1.807) is 24.8 Å². The summed E-state index contributed by atoms with van der Waals surface area (Å²) in [6.45, 7) is 1.81. The molecule has 0 saturated carbocycles. The fourth-order valence-electron chi connectivity index (χ4n) is 4.87. The van der Waals surface area contributed by atoms with Crippen molar-refractivity contribution < 1.29 is 9.47 Å². The maximum Gasteiger partial charge on any atom is 0.0991 e. The zero-order chi connectivity index (χ0) is 23.5. The van der Waals surface area contributed by atoms with E-state index in [0.717, 1.165) is 13.2 Å². The molecule has 0 bridgehead atoms. The van der Waals surface area contributed by atoms with Crippen LogP contribution in [-0.2, 0) is 9.47 Å². The van der Waals surface area contributed by atoms with Gasteiger partial charge >= 0.3 is 0 Å². The number of benzene rings is 2. The molecule has 0 aromatic heterocycles. The summed E-state index contributed by atoms with van der Waals surface area (Å²) in [7, 11) is 2.23. The minimum atomic E-state index is -1.37. The molecule has 0 radical (unpaired) electrons. The van der Waals surface area contributed by atoms with E-state index in [-0.39, 0.29) is 0 Å². The average molecular weight is 472 g/mol. The van der Waals surface area contributed by atoms with Crippen LogP contribution >= 0.6 is 7.26 Å². The number of hydrogen-bond donors (Lipinski definition) is 0. The normalized spacial score (nSPS) is 11.7. The summed E-state index contributed by atoms with van der Waals surface area (Å²) < 4.78 is 10.4. The second-order valence-corrected chi connectivity index (χ2v) is 13.2. The van der Waals surface area contributed by atoms with Crippen LogP contribution in [0.2, 0.25) is 0 Å². The van der Waals surface area contributed by atoms with Gasteiger partial charge in [-0.2, -0.15) is 0 Å². The first-order valence-electron chi connectivity index (χ1n) is 13.3. The van der Waals surface area contributed by atoms with Gasteiger partial charge in [-0.1, -0.05) is 74.9 Å². The van der Waals surface area contributed by atoms with Crippen LogP contribution in [0.5, 0.6) is 0 Å². The first-order chi connectivity index (χ1) is 16.3. The van der Waals surface area contributed by atoms with E-state index in [1.807, 2.05) is 0 Å². The highest BCUT2D eigenvalue weighted by atomic mass is 31.2. The molecule has 0 atom stereocenters. The summed E-state index contributed by atoms with van der Waals surface area (Å²) in [4.78, 5) is 0. The lowest BCUT2D eigenvalue weighted by molar-refractivity contribution is 0.192. The molecule has 0 saturated heterocycles. The Morgan fingerprint density at radius 2 is 0.788 bits per heavy atom. The van der Waals surface area contributed by atoms with Gasteiger partial charge in [-0.05, 0) is 62.8 Å². The Hall–Kier alpha value is -1.21. The number of methoxy groups -OCH3 is 2. The Morgan fingerprint density at radius 3 is 1.15 bits per heavy atom. The molecule has 0 heterocycles. The van der Waals surface area contributed by atoms with Crippen molar-refractivity contribution in [3.63, 3.8) is 0 Å². The van der Waals surface area contributed by atoms with Gasteiger partial charge in [-0.25, -0.2) is 0 Å². The molecular formula is C30H48O2P+. The number of rotatable bonds is 20. The van der Waals surface area contributed by atoms with E-state index in [9.17, 15) is 0 Å². The molecule has 184 valence electrons. The van der Waals surface area contributed by atoms with Gasteiger partial charge in [0.15, 0.2) is 0 Å². The number of hydrogen-bond acceptors (Lipinski definition) is 2. The highest BCUT2D eigenvalue weighted by Crippen LogP contribution is 2.57. The third-order valence-electron chi connectivity index (χ3n) is 6.78. The minimum absolute atomic E-state index is 0.906. The molecule has 0 N–H and O–H groups in total. The van der Waals surface area contributed by atoms with E-state index in [1.165, 1.54) is 89.4 Å². The van der Waals surface area contributed by atoms with Crippen molar-refractivity contribution >= 4 is 17.9 Å². The Bertz CT molecular complexity index is 627. The Morgan fingerprint density at radius 1 is 0.455 bits per heavy atom. The van der Waals surface area contributed by atoms with Gasteiger partial charge in [0.2, 0.25) is 0 Å². The lowest BCUT2D eigenvalue weighted by atomic mass is 10.1. The molecule has 2 aromatic rings.